The van der Waals surface area contributed by atoms with Gasteiger partial charge in [0.05, 0.1) is 11.3 Å². The lowest BCUT2D eigenvalue weighted by Crippen LogP contribution is -1.97. The second kappa shape index (κ2) is 3.46. The zero-order chi connectivity index (χ0) is 10.1. The molecule has 0 spiro atoms. The van der Waals surface area contributed by atoms with Crippen LogP contribution in [0.2, 0.25) is 0 Å². The molecule has 0 amide bonds. The van der Waals surface area contributed by atoms with Gasteiger partial charge < -0.3 is 5.73 Å². The molecule has 2 N–H and O–H groups in total. The van der Waals surface area contributed by atoms with Gasteiger partial charge in [-0.15, -0.1) is 11.3 Å². The van der Waals surface area contributed by atoms with E-state index in [1.165, 1.54) is 4.88 Å². The van der Waals surface area contributed by atoms with Gasteiger partial charge in [-0.3, -0.25) is 4.68 Å². The largest absolute Gasteiger partial charge is 0.383 e. The molecule has 0 aliphatic heterocycles. The SMILES string of the molecule is CCc1nn(C)c(N)c1-c1cccs1. The van der Waals surface area contributed by atoms with E-state index in [0.717, 1.165) is 23.5 Å². The van der Waals surface area contributed by atoms with E-state index in [2.05, 4.69) is 23.5 Å². The third-order valence-electron chi connectivity index (χ3n) is 2.27. The number of hydrogen-bond donors (Lipinski definition) is 1. The fourth-order valence-electron chi connectivity index (χ4n) is 1.53. The molecular weight excluding hydrogens is 194 g/mol. The van der Waals surface area contributed by atoms with Crippen LogP contribution in [-0.2, 0) is 13.5 Å². The Labute approximate surface area is 87.2 Å². The molecule has 0 aliphatic carbocycles. The Morgan fingerprint density at radius 2 is 2.36 bits per heavy atom. The number of aromatic nitrogens is 2. The summed E-state index contributed by atoms with van der Waals surface area (Å²) in [6.07, 6.45) is 0.915. The molecule has 0 saturated carbocycles. The van der Waals surface area contributed by atoms with E-state index in [1.54, 1.807) is 16.0 Å². The van der Waals surface area contributed by atoms with Gasteiger partial charge in [0.1, 0.15) is 5.82 Å². The molecule has 14 heavy (non-hydrogen) atoms. The van der Waals surface area contributed by atoms with Crippen LogP contribution in [0.25, 0.3) is 10.4 Å². The van der Waals surface area contributed by atoms with Crippen LogP contribution in [0.1, 0.15) is 12.6 Å². The van der Waals surface area contributed by atoms with E-state index in [0.29, 0.717) is 0 Å². The molecule has 2 heterocycles. The maximum Gasteiger partial charge on any atom is 0.130 e. The highest BCUT2D eigenvalue weighted by Crippen LogP contribution is 2.32. The quantitative estimate of drug-likeness (QED) is 0.821. The van der Waals surface area contributed by atoms with Crippen molar-refractivity contribution in [3.63, 3.8) is 0 Å². The van der Waals surface area contributed by atoms with Crippen LogP contribution in [0.15, 0.2) is 17.5 Å². The third kappa shape index (κ3) is 1.32. The van der Waals surface area contributed by atoms with Crippen LogP contribution in [0.5, 0.6) is 0 Å². The average molecular weight is 207 g/mol. The first-order chi connectivity index (χ1) is 6.74. The Balaban J connectivity index is 2.61. The third-order valence-corrected chi connectivity index (χ3v) is 3.15. The predicted octanol–water partition coefficient (Wildman–Crippen LogP) is 2.29. The first-order valence-corrected chi connectivity index (χ1v) is 5.47. The molecule has 0 bridgehead atoms. The summed E-state index contributed by atoms with van der Waals surface area (Å²) in [5.74, 6) is 0.754. The molecule has 3 nitrogen and oxygen atoms in total. The standard InChI is InChI=1S/C10H13N3S/c1-3-7-9(8-5-4-6-14-8)10(11)13(2)12-7/h4-6H,3,11H2,1-2H3. The monoisotopic (exact) mass is 207 g/mol. The van der Waals surface area contributed by atoms with E-state index in [-0.39, 0.29) is 0 Å². The lowest BCUT2D eigenvalue weighted by atomic mass is 10.1. The fourth-order valence-corrected chi connectivity index (χ4v) is 2.33. The molecule has 2 rings (SSSR count). The maximum atomic E-state index is 5.98. The maximum absolute atomic E-state index is 5.98. The van der Waals surface area contributed by atoms with Gasteiger partial charge in [-0.1, -0.05) is 13.0 Å². The summed E-state index contributed by atoms with van der Waals surface area (Å²) in [4.78, 5) is 1.20. The van der Waals surface area contributed by atoms with E-state index in [1.807, 2.05) is 13.1 Å². The first kappa shape index (κ1) is 9.27. The van der Waals surface area contributed by atoms with Crippen LogP contribution in [-0.4, -0.2) is 9.78 Å². The lowest BCUT2D eigenvalue weighted by Gasteiger charge is -1.98. The minimum Gasteiger partial charge on any atom is -0.383 e. The van der Waals surface area contributed by atoms with Crippen molar-refractivity contribution in [3.8, 4) is 10.4 Å². The molecule has 2 aromatic rings. The van der Waals surface area contributed by atoms with Crippen molar-refractivity contribution in [2.24, 2.45) is 7.05 Å². The summed E-state index contributed by atoms with van der Waals surface area (Å²) in [6.45, 7) is 2.10. The molecule has 0 atom stereocenters. The Kier molecular flexibility index (Phi) is 2.29. The van der Waals surface area contributed by atoms with Gasteiger partial charge in [0.25, 0.3) is 0 Å². The van der Waals surface area contributed by atoms with Gasteiger partial charge in [0.2, 0.25) is 0 Å². The Bertz CT molecular complexity index is 428. The normalized spacial score (nSPS) is 10.7. The van der Waals surface area contributed by atoms with Crippen molar-refractivity contribution >= 4 is 17.2 Å². The molecule has 0 saturated heterocycles. The van der Waals surface area contributed by atoms with E-state index in [4.69, 9.17) is 5.73 Å². The van der Waals surface area contributed by atoms with Gasteiger partial charge in [0, 0.05) is 11.9 Å². The van der Waals surface area contributed by atoms with Crippen molar-refractivity contribution in [1.29, 1.82) is 0 Å². The Morgan fingerprint density at radius 1 is 1.57 bits per heavy atom. The smallest absolute Gasteiger partial charge is 0.130 e. The summed E-state index contributed by atoms with van der Waals surface area (Å²) in [5, 5.41) is 6.44. The second-order valence-corrected chi connectivity index (χ2v) is 4.11. The Hall–Kier alpha value is -1.29. The number of aryl methyl sites for hydroxylation is 2. The molecule has 74 valence electrons. The zero-order valence-corrected chi connectivity index (χ0v) is 9.14. The van der Waals surface area contributed by atoms with Gasteiger partial charge in [-0.25, -0.2) is 0 Å². The van der Waals surface area contributed by atoms with Crippen molar-refractivity contribution in [2.75, 3.05) is 5.73 Å². The number of anilines is 1. The van der Waals surface area contributed by atoms with Crippen LogP contribution in [0.4, 0.5) is 5.82 Å². The van der Waals surface area contributed by atoms with Gasteiger partial charge in [0.15, 0.2) is 0 Å². The highest BCUT2D eigenvalue weighted by molar-refractivity contribution is 7.13. The van der Waals surface area contributed by atoms with Crippen molar-refractivity contribution in [3.05, 3.63) is 23.2 Å². The van der Waals surface area contributed by atoms with Crippen LogP contribution < -0.4 is 5.73 Å². The second-order valence-electron chi connectivity index (χ2n) is 3.16. The molecule has 0 fully saturated rings. The fraction of sp³-hybridized carbons (Fsp3) is 0.300. The zero-order valence-electron chi connectivity index (χ0n) is 8.32. The van der Waals surface area contributed by atoms with Gasteiger partial charge in [-0.05, 0) is 17.9 Å². The number of thiophene rings is 1. The first-order valence-electron chi connectivity index (χ1n) is 4.59. The predicted molar refractivity (Wildman–Crippen MR) is 60.3 cm³/mol. The summed E-state index contributed by atoms with van der Waals surface area (Å²) in [6, 6.07) is 4.11. The molecule has 2 aromatic heterocycles. The van der Waals surface area contributed by atoms with Gasteiger partial charge >= 0.3 is 0 Å². The number of rotatable bonds is 2. The molecule has 0 radical (unpaired) electrons. The number of hydrogen-bond acceptors (Lipinski definition) is 3. The Morgan fingerprint density at radius 3 is 2.93 bits per heavy atom. The lowest BCUT2D eigenvalue weighted by molar-refractivity contribution is 0.755. The number of nitrogen functional groups attached to an aromatic ring is 1. The molecular formula is C10H13N3S. The minimum atomic E-state index is 0.754. The summed E-state index contributed by atoms with van der Waals surface area (Å²) < 4.78 is 1.74. The highest BCUT2D eigenvalue weighted by atomic mass is 32.1. The summed E-state index contributed by atoms with van der Waals surface area (Å²) in [7, 11) is 1.88. The van der Waals surface area contributed by atoms with Crippen LogP contribution in [0.3, 0.4) is 0 Å². The van der Waals surface area contributed by atoms with E-state index < -0.39 is 0 Å². The molecule has 0 aliphatic rings. The topological polar surface area (TPSA) is 43.8 Å². The van der Waals surface area contributed by atoms with E-state index in [9.17, 15) is 0 Å². The van der Waals surface area contributed by atoms with Crippen LogP contribution in [0, 0.1) is 0 Å². The molecule has 0 aromatic carbocycles. The number of nitrogens with zero attached hydrogens (tertiary/aromatic N) is 2. The minimum absolute atomic E-state index is 0.754. The average Bonchev–Trinajstić information content (AvgIpc) is 2.76. The highest BCUT2D eigenvalue weighted by Gasteiger charge is 2.14. The summed E-state index contributed by atoms with van der Waals surface area (Å²) in [5.41, 5.74) is 8.16. The molecule has 0 unspecified atom stereocenters. The van der Waals surface area contributed by atoms with Crippen LogP contribution >= 0.6 is 11.3 Å². The van der Waals surface area contributed by atoms with Crippen molar-refractivity contribution < 1.29 is 0 Å². The van der Waals surface area contributed by atoms with E-state index >= 15 is 0 Å². The van der Waals surface area contributed by atoms with Crippen molar-refractivity contribution in [2.45, 2.75) is 13.3 Å². The van der Waals surface area contributed by atoms with Gasteiger partial charge in [-0.2, -0.15) is 5.10 Å². The molecule has 4 heteroatoms. The number of nitrogens with two attached hydrogens (primary N) is 1. The van der Waals surface area contributed by atoms with Crippen molar-refractivity contribution in [1.82, 2.24) is 9.78 Å². The summed E-state index contributed by atoms with van der Waals surface area (Å²) >= 11 is 1.70.